The number of nitrogens with one attached hydrogen (secondary N) is 1. The van der Waals surface area contributed by atoms with Crippen molar-refractivity contribution in [2.24, 2.45) is 11.8 Å². The zero-order valence-electron chi connectivity index (χ0n) is 14.2. The molecule has 5 nitrogen and oxygen atoms in total. The fourth-order valence-corrected chi connectivity index (χ4v) is 2.30. The summed E-state index contributed by atoms with van der Waals surface area (Å²) < 4.78 is 12.8. The molecule has 0 aromatic carbocycles. The van der Waals surface area contributed by atoms with Gasteiger partial charge in [0, 0.05) is 18.7 Å². The number of aliphatic hydroxyl groups is 2. The van der Waals surface area contributed by atoms with E-state index in [4.69, 9.17) is 11.6 Å². The largest absolute Gasteiger partial charge is 0.393 e. The third kappa shape index (κ3) is 7.11. The molecule has 0 bridgehead atoms. The van der Waals surface area contributed by atoms with Gasteiger partial charge in [-0.25, -0.2) is 4.98 Å². The van der Waals surface area contributed by atoms with Crippen molar-refractivity contribution in [2.75, 3.05) is 0 Å². The Morgan fingerprint density at radius 1 is 1.25 bits per heavy atom. The first-order valence-corrected chi connectivity index (χ1v) is 8.52. The average molecular weight is 361 g/mol. The topological polar surface area (TPSA) is 82.5 Å². The molecule has 1 aromatic heterocycles. The van der Waals surface area contributed by atoms with E-state index < -0.39 is 29.5 Å². The molecule has 7 heteroatoms. The summed E-state index contributed by atoms with van der Waals surface area (Å²) in [5.41, 5.74) is 0.666. The van der Waals surface area contributed by atoms with Crippen LogP contribution in [0.1, 0.15) is 39.2 Å². The van der Waals surface area contributed by atoms with Crippen LogP contribution < -0.4 is 5.32 Å². The fourth-order valence-electron chi connectivity index (χ4n) is 2.20. The highest BCUT2D eigenvalue weighted by Crippen LogP contribution is 2.21. The van der Waals surface area contributed by atoms with Crippen LogP contribution in [0.5, 0.6) is 0 Å². The Labute approximate surface area is 147 Å². The van der Waals surface area contributed by atoms with Crippen molar-refractivity contribution in [3.8, 4) is 0 Å². The van der Waals surface area contributed by atoms with Crippen LogP contribution in [0.3, 0.4) is 0 Å². The lowest BCUT2D eigenvalue weighted by Crippen LogP contribution is -2.37. The molecule has 1 aromatic rings. The maximum absolute atomic E-state index is 12.8. The van der Waals surface area contributed by atoms with Gasteiger partial charge in [0.1, 0.15) is 0 Å². The van der Waals surface area contributed by atoms with Crippen molar-refractivity contribution >= 4 is 17.5 Å². The summed E-state index contributed by atoms with van der Waals surface area (Å²) in [7, 11) is 0. The molecule has 0 aliphatic carbocycles. The van der Waals surface area contributed by atoms with E-state index in [-0.39, 0.29) is 31.2 Å². The third-order valence-electron chi connectivity index (χ3n) is 3.98. The normalized spacial score (nSPS) is 16.5. The number of pyridine rings is 1. The lowest BCUT2D eigenvalue weighted by atomic mass is 9.89. The van der Waals surface area contributed by atoms with Crippen LogP contribution in [-0.4, -0.2) is 38.7 Å². The Balaban J connectivity index is 2.68. The zero-order chi connectivity index (χ0) is 18.3. The van der Waals surface area contributed by atoms with E-state index in [1.807, 2.05) is 13.8 Å². The van der Waals surface area contributed by atoms with Crippen molar-refractivity contribution in [1.29, 1.82) is 0 Å². The third-order valence-corrected chi connectivity index (χ3v) is 4.27. The minimum atomic E-state index is -0.839. The Kier molecular flexibility index (Phi) is 8.59. The van der Waals surface area contributed by atoms with Gasteiger partial charge in [-0.15, -0.1) is 11.6 Å². The standard InChI is InChI=1S/C17H26ClFN2O3/c1-10(2)14(22)6-13(7-15(23)11(3)18)17(24)21-9-12-4-5-16(19)20-8-12/h4-5,8,10-11,13-15,22-23H,6-7,9H2,1-3H3,(H,21,24)/t11?,13?,14?,15-/m1/s1. The second kappa shape index (κ2) is 9.91. The molecule has 1 heterocycles. The molecule has 0 spiro atoms. The summed E-state index contributed by atoms with van der Waals surface area (Å²) in [6.45, 7) is 5.59. The molecule has 3 N–H and O–H groups in total. The maximum atomic E-state index is 12.8. The Bertz CT molecular complexity index is 495. The van der Waals surface area contributed by atoms with Gasteiger partial charge in [-0.05, 0) is 37.3 Å². The number of carbonyl (C=O) groups is 1. The first-order chi connectivity index (χ1) is 11.2. The first kappa shape index (κ1) is 20.8. The highest BCUT2D eigenvalue weighted by molar-refractivity contribution is 6.20. The smallest absolute Gasteiger partial charge is 0.223 e. The SMILES string of the molecule is CC(C)C(O)CC(C[C@@H](O)C(C)Cl)C(=O)NCc1ccc(F)nc1. The van der Waals surface area contributed by atoms with Gasteiger partial charge < -0.3 is 15.5 Å². The number of aliphatic hydroxyl groups excluding tert-OH is 2. The number of nitrogens with zero attached hydrogens (tertiary/aromatic N) is 1. The minimum absolute atomic E-state index is 0.00664. The highest BCUT2D eigenvalue weighted by Gasteiger charge is 2.27. The lowest BCUT2D eigenvalue weighted by molar-refractivity contribution is -0.127. The van der Waals surface area contributed by atoms with Crippen LogP contribution in [0.15, 0.2) is 18.3 Å². The summed E-state index contributed by atoms with van der Waals surface area (Å²) in [4.78, 5) is 16.0. The summed E-state index contributed by atoms with van der Waals surface area (Å²) in [6.07, 6.45) is 0.275. The molecule has 0 fully saturated rings. The lowest BCUT2D eigenvalue weighted by Gasteiger charge is -2.25. The molecule has 0 radical (unpaired) electrons. The van der Waals surface area contributed by atoms with E-state index >= 15 is 0 Å². The van der Waals surface area contributed by atoms with E-state index in [2.05, 4.69) is 10.3 Å². The summed E-state index contributed by atoms with van der Waals surface area (Å²) >= 11 is 5.88. The number of carbonyl (C=O) groups excluding carboxylic acids is 1. The average Bonchev–Trinajstić information content (AvgIpc) is 2.52. The molecule has 0 saturated heterocycles. The number of aromatic nitrogens is 1. The van der Waals surface area contributed by atoms with Gasteiger partial charge in [0.25, 0.3) is 0 Å². The predicted molar refractivity (Wildman–Crippen MR) is 90.9 cm³/mol. The molecule has 0 aliphatic rings. The van der Waals surface area contributed by atoms with E-state index in [1.165, 1.54) is 18.3 Å². The van der Waals surface area contributed by atoms with Gasteiger partial charge in [-0.3, -0.25) is 4.79 Å². The van der Waals surface area contributed by atoms with E-state index in [0.717, 1.165) is 0 Å². The molecule has 3 unspecified atom stereocenters. The zero-order valence-corrected chi connectivity index (χ0v) is 15.0. The predicted octanol–water partition coefficient (Wildman–Crippen LogP) is 2.24. The van der Waals surface area contributed by atoms with E-state index in [1.54, 1.807) is 6.92 Å². The van der Waals surface area contributed by atoms with Crippen molar-refractivity contribution in [3.05, 3.63) is 29.8 Å². The summed E-state index contributed by atoms with van der Waals surface area (Å²) in [5, 5.41) is 22.3. The molecule has 1 rings (SSSR count). The molecule has 0 saturated carbocycles. The van der Waals surface area contributed by atoms with Gasteiger partial charge in [-0.1, -0.05) is 19.9 Å². The van der Waals surface area contributed by atoms with Crippen molar-refractivity contribution < 1.29 is 19.4 Å². The molecular formula is C17H26ClFN2O3. The van der Waals surface area contributed by atoms with E-state index in [0.29, 0.717) is 5.56 Å². The van der Waals surface area contributed by atoms with Crippen LogP contribution in [0.4, 0.5) is 4.39 Å². The maximum Gasteiger partial charge on any atom is 0.223 e. The van der Waals surface area contributed by atoms with Gasteiger partial charge >= 0.3 is 0 Å². The van der Waals surface area contributed by atoms with Crippen LogP contribution in [-0.2, 0) is 11.3 Å². The monoisotopic (exact) mass is 360 g/mol. The van der Waals surface area contributed by atoms with Crippen LogP contribution in [0.2, 0.25) is 0 Å². The van der Waals surface area contributed by atoms with E-state index in [9.17, 15) is 19.4 Å². The van der Waals surface area contributed by atoms with Crippen molar-refractivity contribution in [2.45, 2.75) is 57.7 Å². The summed E-state index contributed by atoms with van der Waals surface area (Å²) in [5.74, 6) is -1.42. The number of hydrogen-bond donors (Lipinski definition) is 3. The quantitative estimate of drug-likeness (QED) is 0.466. The molecule has 136 valence electrons. The van der Waals surface area contributed by atoms with Crippen molar-refractivity contribution in [1.82, 2.24) is 10.3 Å². The molecule has 4 atom stereocenters. The first-order valence-electron chi connectivity index (χ1n) is 8.09. The Morgan fingerprint density at radius 2 is 1.88 bits per heavy atom. The number of halogens is 2. The number of rotatable bonds is 9. The van der Waals surface area contributed by atoms with Gasteiger partial charge in [0.05, 0.1) is 17.6 Å². The summed E-state index contributed by atoms with van der Waals surface area (Å²) in [6, 6.07) is 2.76. The number of amides is 1. The number of alkyl halides is 1. The molecule has 1 amide bonds. The van der Waals surface area contributed by atoms with Crippen molar-refractivity contribution in [3.63, 3.8) is 0 Å². The molecule has 0 aliphatic heterocycles. The Hall–Kier alpha value is -1.24. The Morgan fingerprint density at radius 3 is 2.38 bits per heavy atom. The number of hydrogen-bond acceptors (Lipinski definition) is 4. The van der Waals surface area contributed by atoms with Gasteiger partial charge in [0.2, 0.25) is 11.9 Å². The van der Waals surface area contributed by atoms with Crippen LogP contribution >= 0.6 is 11.6 Å². The van der Waals surface area contributed by atoms with Gasteiger partial charge in [0.15, 0.2) is 0 Å². The highest BCUT2D eigenvalue weighted by atomic mass is 35.5. The second-order valence-corrected chi connectivity index (χ2v) is 7.12. The van der Waals surface area contributed by atoms with Crippen LogP contribution in [0.25, 0.3) is 0 Å². The fraction of sp³-hybridized carbons (Fsp3) is 0.647. The second-order valence-electron chi connectivity index (χ2n) is 6.43. The van der Waals surface area contributed by atoms with Gasteiger partial charge in [-0.2, -0.15) is 4.39 Å². The molecular weight excluding hydrogens is 335 g/mol. The minimum Gasteiger partial charge on any atom is -0.393 e. The van der Waals surface area contributed by atoms with Crippen LogP contribution in [0, 0.1) is 17.8 Å². The molecule has 24 heavy (non-hydrogen) atoms.